The van der Waals surface area contributed by atoms with Gasteiger partial charge in [0.2, 0.25) is 0 Å². The number of amides is 2. The average Bonchev–Trinajstić information content (AvgIpc) is 3.46. The molecule has 1 N–H and O–H groups in total. The number of hydrogen-bond donors (Lipinski definition) is 1. The number of halogens is 2. The molecule has 2 amide bonds. The number of anilines is 1. The van der Waals surface area contributed by atoms with Gasteiger partial charge in [0.05, 0.1) is 31.1 Å². The quantitative estimate of drug-likeness (QED) is 0.306. The van der Waals surface area contributed by atoms with Crippen LogP contribution in [0.15, 0.2) is 60.8 Å². The lowest BCUT2D eigenvalue weighted by Crippen LogP contribution is -2.38. The monoisotopic (exact) mass is 521 g/mol. The molecule has 6 rings (SSSR count). The number of urea groups is 1. The van der Waals surface area contributed by atoms with Crippen molar-refractivity contribution in [1.29, 1.82) is 0 Å². The van der Waals surface area contributed by atoms with E-state index >= 15 is 0 Å². The molecular weight excluding hydrogens is 497 g/mol. The summed E-state index contributed by atoms with van der Waals surface area (Å²) < 4.78 is 22.1. The number of nitrogens with zero attached hydrogens (tertiary/aromatic N) is 2. The van der Waals surface area contributed by atoms with Crippen molar-refractivity contribution in [3.05, 3.63) is 98.9 Å². The van der Waals surface area contributed by atoms with E-state index in [9.17, 15) is 9.18 Å². The van der Waals surface area contributed by atoms with Gasteiger partial charge in [0.15, 0.2) is 0 Å². The van der Waals surface area contributed by atoms with E-state index in [1.165, 1.54) is 34.6 Å². The largest absolute Gasteiger partial charge is 0.495 e. The number of ether oxygens (including phenoxy) is 1. The van der Waals surface area contributed by atoms with Crippen molar-refractivity contribution in [3.8, 4) is 10.8 Å². The van der Waals surface area contributed by atoms with E-state index in [1.54, 1.807) is 36.3 Å². The number of rotatable bonds is 3. The summed E-state index contributed by atoms with van der Waals surface area (Å²) in [5, 5.41) is 4.66. The maximum Gasteiger partial charge on any atom is 0.323 e. The van der Waals surface area contributed by atoms with Gasteiger partial charge in [-0.3, -0.25) is 0 Å². The lowest BCUT2D eigenvalue weighted by Gasteiger charge is -2.31. The molecule has 184 valence electrons. The lowest BCUT2D eigenvalue weighted by molar-refractivity contribution is 0.194. The summed E-state index contributed by atoms with van der Waals surface area (Å²) in [6.07, 6.45) is 6.47. The van der Waals surface area contributed by atoms with Crippen LogP contribution in [0.2, 0.25) is 5.02 Å². The molecule has 2 aromatic heterocycles. The molecule has 2 aromatic carbocycles. The van der Waals surface area contributed by atoms with Gasteiger partial charge in [0.25, 0.3) is 0 Å². The van der Waals surface area contributed by atoms with Crippen molar-refractivity contribution < 1.29 is 13.9 Å². The van der Waals surface area contributed by atoms with Crippen LogP contribution in [0, 0.1) is 5.82 Å². The fourth-order valence-corrected chi connectivity index (χ4v) is 6.95. The Morgan fingerprint density at radius 3 is 2.81 bits per heavy atom. The molecule has 1 aliphatic heterocycles. The Kier molecular flexibility index (Phi) is 5.97. The number of aromatic nitrogens is 1. The van der Waals surface area contributed by atoms with Crippen LogP contribution < -0.4 is 10.1 Å². The zero-order chi connectivity index (χ0) is 24.8. The highest BCUT2D eigenvalue weighted by Crippen LogP contribution is 2.44. The van der Waals surface area contributed by atoms with Crippen molar-refractivity contribution in [2.45, 2.75) is 38.3 Å². The molecular formula is C28H25ClFN3O2S. The minimum atomic E-state index is -0.486. The third kappa shape index (κ3) is 3.96. The molecule has 8 heteroatoms. The number of hydrogen-bond acceptors (Lipinski definition) is 3. The zero-order valence-electron chi connectivity index (χ0n) is 19.8. The fourth-order valence-electron chi connectivity index (χ4n) is 5.38. The Labute approximate surface area is 218 Å². The molecule has 2 aliphatic rings. The summed E-state index contributed by atoms with van der Waals surface area (Å²) in [4.78, 5) is 17.2. The van der Waals surface area contributed by atoms with E-state index in [2.05, 4.69) is 9.88 Å². The summed E-state index contributed by atoms with van der Waals surface area (Å²) in [5.41, 5.74) is 4.66. The lowest BCUT2D eigenvalue weighted by atomic mass is 9.95. The third-order valence-corrected chi connectivity index (χ3v) is 8.58. The molecule has 0 radical (unpaired) electrons. The van der Waals surface area contributed by atoms with E-state index in [0.717, 1.165) is 30.0 Å². The topological polar surface area (TPSA) is 46.5 Å². The Hall–Kier alpha value is -3.29. The van der Waals surface area contributed by atoms with Gasteiger partial charge in [-0.2, -0.15) is 0 Å². The number of carbonyl (C=O) groups excluding carboxylic acids is 1. The van der Waals surface area contributed by atoms with Gasteiger partial charge in [-0.15, -0.1) is 11.3 Å². The standard InChI is InChI=1S/C28H25ClFN3O2S/c1-35-24-12-11-18(29)15-22(24)31-28(34)33-16-21-20-8-2-3-10-25(20)36-27(21)32-13-5-9-23(32)26(33)17-6-4-7-19(30)14-17/h4-7,9,11-15,26H,2-3,8,10,16H2,1H3,(H,31,34). The van der Waals surface area contributed by atoms with Crippen LogP contribution in [-0.4, -0.2) is 22.6 Å². The summed E-state index contributed by atoms with van der Waals surface area (Å²) in [6.45, 7) is 0.415. The second kappa shape index (κ2) is 9.30. The minimum Gasteiger partial charge on any atom is -0.495 e. The van der Waals surface area contributed by atoms with Crippen molar-refractivity contribution in [2.75, 3.05) is 12.4 Å². The number of thiophene rings is 1. The van der Waals surface area contributed by atoms with Crippen molar-refractivity contribution >= 4 is 34.7 Å². The first-order valence-corrected chi connectivity index (χ1v) is 13.2. The number of methoxy groups -OCH3 is 1. The maximum atomic E-state index is 14.4. The first kappa shape index (κ1) is 23.1. The molecule has 0 fully saturated rings. The van der Waals surface area contributed by atoms with Crippen molar-refractivity contribution in [3.63, 3.8) is 0 Å². The second-order valence-electron chi connectivity index (χ2n) is 9.16. The molecule has 1 aliphatic carbocycles. The molecule has 0 saturated carbocycles. The Balaban J connectivity index is 1.50. The van der Waals surface area contributed by atoms with E-state index in [4.69, 9.17) is 16.3 Å². The van der Waals surface area contributed by atoms with E-state index in [0.29, 0.717) is 28.6 Å². The Bertz CT molecular complexity index is 1460. The number of benzene rings is 2. The van der Waals surface area contributed by atoms with Crippen LogP contribution >= 0.6 is 22.9 Å². The SMILES string of the molecule is COc1ccc(Cl)cc1NC(=O)N1Cc2c(sc3c2CCCC3)-n2cccc2C1c1cccc(F)c1. The Morgan fingerprint density at radius 1 is 1.11 bits per heavy atom. The normalized spacial score (nSPS) is 16.5. The van der Waals surface area contributed by atoms with Crippen LogP contribution in [0.5, 0.6) is 5.75 Å². The Morgan fingerprint density at radius 2 is 1.97 bits per heavy atom. The van der Waals surface area contributed by atoms with E-state index < -0.39 is 6.04 Å². The predicted molar refractivity (Wildman–Crippen MR) is 141 cm³/mol. The fraction of sp³-hybridized carbons (Fsp3) is 0.250. The molecule has 1 atom stereocenters. The minimum absolute atomic E-state index is 0.304. The summed E-state index contributed by atoms with van der Waals surface area (Å²) in [7, 11) is 1.55. The van der Waals surface area contributed by atoms with Gasteiger partial charge in [-0.1, -0.05) is 23.7 Å². The zero-order valence-corrected chi connectivity index (χ0v) is 21.3. The molecule has 3 heterocycles. The molecule has 4 aromatic rings. The third-order valence-electron chi connectivity index (χ3n) is 7.01. The average molecular weight is 522 g/mol. The van der Waals surface area contributed by atoms with Gasteiger partial charge in [-0.05, 0) is 79.3 Å². The van der Waals surface area contributed by atoms with Crippen LogP contribution in [0.4, 0.5) is 14.9 Å². The van der Waals surface area contributed by atoms with Crippen LogP contribution in [0.1, 0.15) is 46.1 Å². The number of carbonyl (C=O) groups is 1. The molecule has 1 unspecified atom stereocenters. The van der Waals surface area contributed by atoms with Gasteiger partial charge in [0, 0.05) is 21.7 Å². The maximum absolute atomic E-state index is 14.4. The van der Waals surface area contributed by atoms with Crippen LogP contribution in [-0.2, 0) is 19.4 Å². The molecule has 0 spiro atoms. The first-order chi connectivity index (χ1) is 17.5. The van der Waals surface area contributed by atoms with Crippen molar-refractivity contribution in [2.24, 2.45) is 0 Å². The summed E-state index contributed by atoms with van der Waals surface area (Å²) >= 11 is 8.05. The molecule has 36 heavy (non-hydrogen) atoms. The van der Waals surface area contributed by atoms with Gasteiger partial charge < -0.3 is 19.5 Å². The van der Waals surface area contributed by atoms with E-state index in [-0.39, 0.29) is 11.8 Å². The van der Waals surface area contributed by atoms with Crippen molar-refractivity contribution in [1.82, 2.24) is 9.47 Å². The molecule has 5 nitrogen and oxygen atoms in total. The number of fused-ring (bicyclic) bond motifs is 5. The smallest absolute Gasteiger partial charge is 0.323 e. The van der Waals surface area contributed by atoms with Gasteiger partial charge in [0.1, 0.15) is 16.6 Å². The molecule has 0 saturated heterocycles. The van der Waals surface area contributed by atoms with Crippen LogP contribution in [0.3, 0.4) is 0 Å². The van der Waals surface area contributed by atoms with Crippen LogP contribution in [0.25, 0.3) is 5.00 Å². The second-order valence-corrected chi connectivity index (χ2v) is 10.7. The molecule has 0 bridgehead atoms. The first-order valence-electron chi connectivity index (χ1n) is 12.0. The number of aryl methyl sites for hydroxylation is 1. The van der Waals surface area contributed by atoms with Gasteiger partial charge >= 0.3 is 6.03 Å². The highest BCUT2D eigenvalue weighted by molar-refractivity contribution is 7.15. The predicted octanol–water partition coefficient (Wildman–Crippen LogP) is 7.36. The summed E-state index contributed by atoms with van der Waals surface area (Å²) in [5.74, 6) is 0.181. The highest BCUT2D eigenvalue weighted by atomic mass is 35.5. The highest BCUT2D eigenvalue weighted by Gasteiger charge is 2.36. The number of nitrogens with one attached hydrogen (secondary N) is 1. The van der Waals surface area contributed by atoms with Gasteiger partial charge in [-0.25, -0.2) is 9.18 Å². The van der Waals surface area contributed by atoms with E-state index in [1.807, 2.05) is 35.7 Å². The summed E-state index contributed by atoms with van der Waals surface area (Å²) in [6, 6.07) is 14.8.